The first-order valence-electron chi connectivity index (χ1n) is 6.53. The molecule has 2 heterocycles. The number of imidazole rings is 1. The van der Waals surface area contributed by atoms with Gasteiger partial charge in [-0.3, -0.25) is 4.57 Å². The molecule has 110 valence electrons. The number of aromatic nitrogens is 4. The van der Waals surface area contributed by atoms with Crippen molar-refractivity contribution >= 4 is 34.4 Å². The molecule has 0 aliphatic carbocycles. The summed E-state index contributed by atoms with van der Waals surface area (Å²) in [5.41, 5.74) is 2.86. The molecule has 3 aromatic rings. The van der Waals surface area contributed by atoms with Crippen LogP contribution in [-0.2, 0) is 12.4 Å². The molecule has 0 N–H and O–H groups in total. The first-order valence-corrected chi connectivity index (χ1v) is 7.44. The van der Waals surface area contributed by atoms with Crippen LogP contribution in [0, 0.1) is 12.7 Å². The number of aryl methyl sites for hydroxylation is 2. The van der Waals surface area contributed by atoms with E-state index in [1.807, 2.05) is 18.5 Å². The minimum absolute atomic E-state index is 0.199. The van der Waals surface area contributed by atoms with E-state index < -0.39 is 0 Å². The molecule has 0 atom stereocenters. The van der Waals surface area contributed by atoms with Crippen molar-refractivity contribution in [3.63, 3.8) is 0 Å². The van der Waals surface area contributed by atoms with Crippen LogP contribution < -0.4 is 0 Å². The zero-order valence-electron chi connectivity index (χ0n) is 11.6. The number of hydrogen-bond acceptors (Lipinski definition) is 2. The van der Waals surface area contributed by atoms with E-state index in [0.29, 0.717) is 23.1 Å². The zero-order chi connectivity index (χ0) is 15.1. The quantitative estimate of drug-likeness (QED) is 0.680. The molecule has 3 rings (SSSR count). The second-order valence-corrected chi connectivity index (χ2v) is 5.34. The van der Waals surface area contributed by atoms with E-state index in [1.165, 1.54) is 18.2 Å². The molecule has 0 fully saturated rings. The standard InChI is InChI=1S/C14H13Cl2FN4/c1-3-20-14-13(8(2)19-20)18-12(7-15)21(14)11-6-9(17)4-5-10(11)16/h4-6H,3,7H2,1-2H3. The molecule has 0 spiro atoms. The van der Waals surface area contributed by atoms with Crippen molar-refractivity contribution in [1.82, 2.24) is 19.3 Å². The molecular weight excluding hydrogens is 314 g/mol. The summed E-state index contributed by atoms with van der Waals surface area (Å²) in [7, 11) is 0. The van der Waals surface area contributed by atoms with Gasteiger partial charge in [0.15, 0.2) is 5.65 Å². The Bertz CT molecular complexity index is 822. The summed E-state index contributed by atoms with van der Waals surface area (Å²) in [6.07, 6.45) is 0. The van der Waals surface area contributed by atoms with Gasteiger partial charge in [0.1, 0.15) is 17.2 Å². The van der Waals surface area contributed by atoms with E-state index in [2.05, 4.69) is 10.1 Å². The van der Waals surface area contributed by atoms with Crippen LogP contribution in [0.3, 0.4) is 0 Å². The third-order valence-electron chi connectivity index (χ3n) is 3.35. The average Bonchev–Trinajstić information content (AvgIpc) is 2.99. The highest BCUT2D eigenvalue weighted by molar-refractivity contribution is 6.32. The fraction of sp³-hybridized carbons (Fsp3) is 0.286. The summed E-state index contributed by atoms with van der Waals surface area (Å²) in [5, 5.41) is 4.87. The lowest BCUT2D eigenvalue weighted by atomic mass is 10.3. The summed E-state index contributed by atoms with van der Waals surface area (Å²) in [6.45, 7) is 4.54. The fourth-order valence-corrected chi connectivity index (χ4v) is 2.82. The van der Waals surface area contributed by atoms with E-state index in [9.17, 15) is 4.39 Å². The highest BCUT2D eigenvalue weighted by Gasteiger charge is 2.20. The maximum absolute atomic E-state index is 13.6. The average molecular weight is 327 g/mol. The molecule has 4 nitrogen and oxygen atoms in total. The molecule has 0 unspecified atom stereocenters. The van der Waals surface area contributed by atoms with Crippen molar-refractivity contribution < 1.29 is 4.39 Å². The van der Waals surface area contributed by atoms with Gasteiger partial charge >= 0.3 is 0 Å². The van der Waals surface area contributed by atoms with Crippen molar-refractivity contribution in [1.29, 1.82) is 0 Å². The summed E-state index contributed by atoms with van der Waals surface area (Å²) in [6, 6.07) is 4.22. The Morgan fingerprint density at radius 1 is 1.33 bits per heavy atom. The number of rotatable bonds is 3. The molecule has 21 heavy (non-hydrogen) atoms. The smallest absolute Gasteiger partial charge is 0.163 e. The van der Waals surface area contributed by atoms with Crippen molar-refractivity contribution in [2.45, 2.75) is 26.3 Å². The molecule has 0 saturated heterocycles. The van der Waals surface area contributed by atoms with Gasteiger partial charge in [-0.1, -0.05) is 11.6 Å². The minimum Gasteiger partial charge on any atom is -0.278 e. The third kappa shape index (κ3) is 2.21. The van der Waals surface area contributed by atoms with Crippen LogP contribution in [0.4, 0.5) is 4.39 Å². The lowest BCUT2D eigenvalue weighted by Crippen LogP contribution is -2.07. The second kappa shape index (κ2) is 5.31. The lowest BCUT2D eigenvalue weighted by molar-refractivity contribution is 0.625. The van der Waals surface area contributed by atoms with Crippen molar-refractivity contribution in [3.8, 4) is 5.69 Å². The predicted octanol–water partition coefficient (Wildman–Crippen LogP) is 4.08. The van der Waals surface area contributed by atoms with Gasteiger partial charge in [-0.05, 0) is 32.0 Å². The van der Waals surface area contributed by atoms with Crippen molar-refractivity contribution in [2.24, 2.45) is 0 Å². The highest BCUT2D eigenvalue weighted by atomic mass is 35.5. The van der Waals surface area contributed by atoms with Gasteiger partial charge in [0.25, 0.3) is 0 Å². The van der Waals surface area contributed by atoms with E-state index in [-0.39, 0.29) is 11.7 Å². The van der Waals surface area contributed by atoms with Gasteiger partial charge in [0.05, 0.1) is 22.3 Å². The first kappa shape index (κ1) is 14.4. The molecular formula is C14H13Cl2FN4. The van der Waals surface area contributed by atoms with E-state index in [1.54, 1.807) is 4.57 Å². The molecule has 2 aromatic heterocycles. The Morgan fingerprint density at radius 3 is 2.76 bits per heavy atom. The Morgan fingerprint density at radius 2 is 2.10 bits per heavy atom. The van der Waals surface area contributed by atoms with E-state index in [0.717, 1.165) is 16.9 Å². The largest absolute Gasteiger partial charge is 0.278 e. The van der Waals surface area contributed by atoms with Gasteiger partial charge in [0.2, 0.25) is 0 Å². The summed E-state index contributed by atoms with van der Waals surface area (Å²) in [4.78, 5) is 4.51. The first-order chi connectivity index (χ1) is 10.1. The maximum Gasteiger partial charge on any atom is 0.163 e. The predicted molar refractivity (Wildman–Crippen MR) is 81.8 cm³/mol. The topological polar surface area (TPSA) is 35.6 Å². The molecule has 1 aromatic carbocycles. The minimum atomic E-state index is -0.365. The SMILES string of the molecule is CCn1nc(C)c2nc(CCl)n(-c3cc(F)ccc3Cl)c21. The van der Waals surface area contributed by atoms with Gasteiger partial charge in [0, 0.05) is 6.54 Å². The normalized spacial score (nSPS) is 11.5. The van der Waals surface area contributed by atoms with Crippen LogP contribution in [-0.4, -0.2) is 19.3 Å². The van der Waals surface area contributed by atoms with Crippen LogP contribution >= 0.6 is 23.2 Å². The molecule has 0 aliphatic heterocycles. The molecule has 0 amide bonds. The van der Waals surface area contributed by atoms with Crippen LogP contribution in [0.25, 0.3) is 16.9 Å². The molecule has 0 saturated carbocycles. The van der Waals surface area contributed by atoms with E-state index >= 15 is 0 Å². The van der Waals surface area contributed by atoms with Crippen molar-refractivity contribution in [3.05, 3.63) is 40.6 Å². The van der Waals surface area contributed by atoms with Crippen molar-refractivity contribution in [2.75, 3.05) is 0 Å². The summed E-state index contributed by atoms with van der Waals surface area (Å²) >= 11 is 12.2. The molecule has 0 radical (unpaired) electrons. The van der Waals surface area contributed by atoms with Crippen LogP contribution in [0.2, 0.25) is 5.02 Å². The van der Waals surface area contributed by atoms with Crippen LogP contribution in [0.5, 0.6) is 0 Å². The number of hydrogen-bond donors (Lipinski definition) is 0. The number of nitrogens with zero attached hydrogens (tertiary/aromatic N) is 4. The van der Waals surface area contributed by atoms with Crippen LogP contribution in [0.1, 0.15) is 18.4 Å². The highest BCUT2D eigenvalue weighted by Crippen LogP contribution is 2.29. The Kier molecular flexibility index (Phi) is 3.63. The molecule has 0 bridgehead atoms. The number of benzene rings is 1. The second-order valence-electron chi connectivity index (χ2n) is 4.67. The van der Waals surface area contributed by atoms with E-state index in [4.69, 9.17) is 23.2 Å². The maximum atomic E-state index is 13.6. The monoisotopic (exact) mass is 326 g/mol. The lowest BCUT2D eigenvalue weighted by Gasteiger charge is -2.11. The number of halogens is 3. The fourth-order valence-electron chi connectivity index (χ4n) is 2.43. The summed E-state index contributed by atoms with van der Waals surface area (Å²) < 4.78 is 17.2. The van der Waals surface area contributed by atoms with Gasteiger partial charge in [-0.15, -0.1) is 11.6 Å². The number of fused-ring (bicyclic) bond motifs is 1. The number of alkyl halides is 1. The zero-order valence-corrected chi connectivity index (χ0v) is 13.1. The van der Waals surface area contributed by atoms with Gasteiger partial charge in [-0.25, -0.2) is 14.1 Å². The molecule has 0 aliphatic rings. The third-order valence-corrected chi connectivity index (χ3v) is 3.91. The Hall–Kier alpha value is -1.59. The Balaban J connectivity index is 2.42. The Labute approximate surface area is 131 Å². The van der Waals surface area contributed by atoms with Gasteiger partial charge in [-0.2, -0.15) is 5.10 Å². The van der Waals surface area contributed by atoms with Gasteiger partial charge < -0.3 is 0 Å². The molecule has 7 heteroatoms. The van der Waals surface area contributed by atoms with Crippen LogP contribution in [0.15, 0.2) is 18.2 Å². The summed E-state index contributed by atoms with van der Waals surface area (Å²) in [5.74, 6) is 0.447.